The molecule has 0 aliphatic heterocycles. The minimum absolute atomic E-state index is 0.217. The predicted molar refractivity (Wildman–Crippen MR) is 135 cm³/mol. The fraction of sp³-hybridized carbons (Fsp3) is 0.393. The van der Waals surface area contributed by atoms with E-state index >= 15 is 0 Å². The Kier molecular flexibility index (Phi) is 8.94. The van der Waals surface area contributed by atoms with Gasteiger partial charge in [-0.2, -0.15) is 5.26 Å². The fourth-order valence-corrected chi connectivity index (χ4v) is 4.88. The summed E-state index contributed by atoms with van der Waals surface area (Å²) in [7, 11) is 0. The monoisotopic (exact) mass is 490 g/mol. The molecule has 1 amide bonds. The second-order valence-electron chi connectivity index (χ2n) is 9.05. The number of halogens is 1. The van der Waals surface area contributed by atoms with E-state index in [1.165, 1.54) is 19.3 Å². The maximum absolute atomic E-state index is 13.3. The van der Waals surface area contributed by atoms with E-state index in [-0.39, 0.29) is 12.3 Å². The summed E-state index contributed by atoms with van der Waals surface area (Å²) in [6.45, 7) is 2.07. The van der Waals surface area contributed by atoms with Gasteiger partial charge in [0.15, 0.2) is 5.76 Å². The third-order valence-corrected chi connectivity index (χ3v) is 6.90. The average molecular weight is 491 g/mol. The molecule has 1 aromatic carbocycles. The molecule has 2 aromatic heterocycles. The van der Waals surface area contributed by atoms with Crippen LogP contribution in [0.3, 0.4) is 0 Å². The van der Waals surface area contributed by atoms with Crippen LogP contribution < -0.4 is 0 Å². The summed E-state index contributed by atoms with van der Waals surface area (Å²) in [5.74, 6) is 0.835. The van der Waals surface area contributed by atoms with Gasteiger partial charge in [0.2, 0.25) is 0 Å². The Balaban J connectivity index is 1.49. The van der Waals surface area contributed by atoms with Crippen molar-refractivity contribution in [1.29, 1.82) is 5.26 Å². The third kappa shape index (κ3) is 6.94. The van der Waals surface area contributed by atoms with Gasteiger partial charge in [0.05, 0.1) is 19.0 Å². The number of hydrogen-bond donors (Lipinski definition) is 0. The number of carbonyl (C=O) groups excluding carboxylic acids is 1. The predicted octanol–water partition coefficient (Wildman–Crippen LogP) is 6.22. The Morgan fingerprint density at radius 2 is 1.89 bits per heavy atom. The van der Waals surface area contributed by atoms with Crippen molar-refractivity contribution < 1.29 is 9.21 Å². The molecule has 1 aliphatic carbocycles. The van der Waals surface area contributed by atoms with Crippen molar-refractivity contribution in [3.8, 4) is 6.07 Å². The van der Waals surface area contributed by atoms with Crippen molar-refractivity contribution >= 4 is 17.5 Å². The van der Waals surface area contributed by atoms with Gasteiger partial charge in [-0.05, 0) is 48.2 Å². The number of nitriles is 1. The van der Waals surface area contributed by atoms with Crippen LogP contribution in [0.2, 0.25) is 5.02 Å². The Bertz CT molecular complexity index is 1140. The van der Waals surface area contributed by atoms with Gasteiger partial charge in [-0.3, -0.25) is 14.7 Å². The quantitative estimate of drug-likeness (QED) is 0.337. The van der Waals surface area contributed by atoms with Crippen LogP contribution in [0.25, 0.3) is 0 Å². The van der Waals surface area contributed by atoms with Crippen molar-refractivity contribution in [2.75, 3.05) is 6.54 Å². The largest absolute Gasteiger partial charge is 0.455 e. The van der Waals surface area contributed by atoms with Crippen LogP contribution in [0.1, 0.15) is 66.0 Å². The highest BCUT2D eigenvalue weighted by Crippen LogP contribution is 2.28. The molecule has 0 radical (unpaired) electrons. The molecule has 1 aliphatic rings. The summed E-state index contributed by atoms with van der Waals surface area (Å²) in [6, 6.07) is 17.9. The Morgan fingerprint density at radius 3 is 2.63 bits per heavy atom. The lowest BCUT2D eigenvalue weighted by atomic mass is 9.93. The summed E-state index contributed by atoms with van der Waals surface area (Å²) < 4.78 is 6.07. The molecule has 0 bridgehead atoms. The third-order valence-electron chi connectivity index (χ3n) is 6.53. The zero-order chi connectivity index (χ0) is 24.5. The van der Waals surface area contributed by atoms with Crippen LogP contribution in [-0.2, 0) is 19.6 Å². The zero-order valence-electron chi connectivity index (χ0n) is 19.9. The van der Waals surface area contributed by atoms with Crippen LogP contribution in [0.15, 0.2) is 65.3 Å². The highest BCUT2D eigenvalue weighted by molar-refractivity contribution is 6.31. The van der Waals surface area contributed by atoms with E-state index in [1.807, 2.05) is 36.4 Å². The molecular formula is C28H31ClN4O2. The topological polar surface area (TPSA) is 73.4 Å². The summed E-state index contributed by atoms with van der Waals surface area (Å²) in [4.78, 5) is 21.5. The fourth-order valence-electron chi connectivity index (χ4n) is 4.69. The molecule has 2 heterocycles. The molecule has 4 rings (SSSR count). The molecule has 0 spiro atoms. The van der Waals surface area contributed by atoms with Crippen LogP contribution in [0, 0.1) is 11.3 Å². The Morgan fingerprint density at radius 1 is 1.06 bits per heavy atom. The lowest BCUT2D eigenvalue weighted by Crippen LogP contribution is -2.35. The number of benzene rings is 1. The van der Waals surface area contributed by atoms with Gasteiger partial charge in [0.1, 0.15) is 5.76 Å². The smallest absolute Gasteiger partial charge is 0.289 e. The lowest BCUT2D eigenvalue weighted by Gasteiger charge is -2.34. The maximum atomic E-state index is 13.3. The van der Waals surface area contributed by atoms with Crippen molar-refractivity contribution in [3.63, 3.8) is 0 Å². The molecule has 0 N–H and O–H groups in total. The van der Waals surface area contributed by atoms with E-state index in [4.69, 9.17) is 21.3 Å². The number of rotatable bonds is 10. The number of aromatic nitrogens is 1. The molecule has 0 saturated heterocycles. The van der Waals surface area contributed by atoms with Crippen LogP contribution in [0.4, 0.5) is 0 Å². The molecule has 0 atom stereocenters. The minimum Gasteiger partial charge on any atom is -0.455 e. The summed E-state index contributed by atoms with van der Waals surface area (Å²) in [5.41, 5.74) is 2.01. The normalized spacial score (nSPS) is 14.1. The molecule has 7 heteroatoms. The first-order valence-corrected chi connectivity index (χ1v) is 12.6. The van der Waals surface area contributed by atoms with E-state index in [0.29, 0.717) is 31.4 Å². The van der Waals surface area contributed by atoms with E-state index in [0.717, 1.165) is 41.3 Å². The molecule has 6 nitrogen and oxygen atoms in total. The molecule has 182 valence electrons. The SMILES string of the molecule is N#CCCN(Cc1cccnc1)C(=O)c1ccc(CN(Cc2ccccc2Cl)C2CCCCC2)o1. The van der Waals surface area contributed by atoms with Gasteiger partial charge in [0.25, 0.3) is 5.91 Å². The van der Waals surface area contributed by atoms with Crippen molar-refractivity contribution in [3.05, 3.63) is 88.6 Å². The second-order valence-corrected chi connectivity index (χ2v) is 9.46. The number of nitrogens with zero attached hydrogens (tertiary/aromatic N) is 4. The van der Waals surface area contributed by atoms with E-state index < -0.39 is 0 Å². The molecule has 1 saturated carbocycles. The van der Waals surface area contributed by atoms with Crippen LogP contribution in [0.5, 0.6) is 0 Å². The van der Waals surface area contributed by atoms with Gasteiger partial charge in [0, 0.05) is 43.1 Å². The first-order chi connectivity index (χ1) is 17.1. The highest BCUT2D eigenvalue weighted by Gasteiger charge is 2.25. The number of hydrogen-bond acceptors (Lipinski definition) is 5. The van der Waals surface area contributed by atoms with Crippen LogP contribution >= 0.6 is 11.6 Å². The summed E-state index contributed by atoms with van der Waals surface area (Å²) >= 11 is 6.47. The average Bonchev–Trinajstić information content (AvgIpc) is 3.36. The first kappa shape index (κ1) is 25.0. The van der Waals surface area contributed by atoms with E-state index in [2.05, 4.69) is 22.0 Å². The van der Waals surface area contributed by atoms with Gasteiger partial charge in [-0.1, -0.05) is 55.1 Å². The number of amides is 1. The molecule has 3 aromatic rings. The van der Waals surface area contributed by atoms with E-state index in [1.54, 1.807) is 23.4 Å². The summed E-state index contributed by atoms with van der Waals surface area (Å²) in [5, 5.41) is 9.83. The number of carbonyl (C=O) groups is 1. The first-order valence-electron chi connectivity index (χ1n) is 12.3. The Hall–Kier alpha value is -3.14. The van der Waals surface area contributed by atoms with Gasteiger partial charge in [-0.25, -0.2) is 0 Å². The van der Waals surface area contributed by atoms with Crippen molar-refractivity contribution in [2.45, 2.75) is 64.2 Å². The highest BCUT2D eigenvalue weighted by atomic mass is 35.5. The molecule has 1 fully saturated rings. The molecule has 0 unspecified atom stereocenters. The molecular weight excluding hydrogens is 460 g/mol. The van der Waals surface area contributed by atoms with Crippen molar-refractivity contribution in [1.82, 2.24) is 14.8 Å². The lowest BCUT2D eigenvalue weighted by molar-refractivity contribution is 0.0707. The van der Waals surface area contributed by atoms with Crippen molar-refractivity contribution in [2.24, 2.45) is 0 Å². The van der Waals surface area contributed by atoms with Gasteiger partial charge < -0.3 is 9.32 Å². The minimum atomic E-state index is -0.217. The summed E-state index contributed by atoms with van der Waals surface area (Å²) in [6.07, 6.45) is 9.75. The number of furan rings is 1. The Labute approximate surface area is 212 Å². The number of pyridine rings is 1. The van der Waals surface area contributed by atoms with Crippen LogP contribution in [-0.4, -0.2) is 33.3 Å². The molecule has 35 heavy (non-hydrogen) atoms. The van der Waals surface area contributed by atoms with Gasteiger partial charge >= 0.3 is 0 Å². The zero-order valence-corrected chi connectivity index (χ0v) is 20.7. The maximum Gasteiger partial charge on any atom is 0.289 e. The second kappa shape index (κ2) is 12.5. The van der Waals surface area contributed by atoms with E-state index in [9.17, 15) is 4.79 Å². The van der Waals surface area contributed by atoms with Gasteiger partial charge in [-0.15, -0.1) is 0 Å². The standard InChI is InChI=1S/C28H31ClN4O2/c29-26-12-5-4-9-23(26)20-33(24-10-2-1-3-11-24)21-25-13-14-27(35-25)28(34)32(17-7-15-30)19-22-8-6-16-31-18-22/h4-6,8-9,12-14,16,18,24H,1-3,7,10-11,17,19-21H2.